The SMILES string of the molecule is OCc1ccccc1Sc1ncccn1. The summed E-state index contributed by atoms with van der Waals surface area (Å²) in [5.74, 6) is 0. The van der Waals surface area contributed by atoms with Crippen LogP contribution in [0.15, 0.2) is 52.8 Å². The summed E-state index contributed by atoms with van der Waals surface area (Å²) in [7, 11) is 0. The summed E-state index contributed by atoms with van der Waals surface area (Å²) in [6.45, 7) is 0.0377. The molecule has 0 amide bonds. The minimum Gasteiger partial charge on any atom is -0.392 e. The zero-order valence-electron chi connectivity index (χ0n) is 8.00. The second kappa shape index (κ2) is 4.91. The molecule has 0 aliphatic heterocycles. The third-order valence-electron chi connectivity index (χ3n) is 1.89. The van der Waals surface area contributed by atoms with Crippen LogP contribution in [0, 0.1) is 0 Å². The van der Waals surface area contributed by atoms with E-state index in [-0.39, 0.29) is 6.61 Å². The minimum atomic E-state index is 0.0377. The molecule has 0 bridgehead atoms. The Balaban J connectivity index is 2.24. The maximum atomic E-state index is 9.14. The first-order valence-electron chi connectivity index (χ1n) is 4.54. The summed E-state index contributed by atoms with van der Waals surface area (Å²) in [6.07, 6.45) is 3.41. The number of benzene rings is 1. The largest absolute Gasteiger partial charge is 0.392 e. The average molecular weight is 218 g/mol. The first kappa shape index (κ1) is 10.1. The van der Waals surface area contributed by atoms with Crippen molar-refractivity contribution in [3.05, 3.63) is 48.3 Å². The summed E-state index contributed by atoms with van der Waals surface area (Å²) in [5, 5.41) is 9.84. The fourth-order valence-corrected chi connectivity index (χ4v) is 2.00. The van der Waals surface area contributed by atoms with E-state index in [1.807, 2.05) is 24.3 Å². The van der Waals surface area contributed by atoms with Crippen LogP contribution >= 0.6 is 11.8 Å². The molecule has 2 aromatic rings. The molecule has 15 heavy (non-hydrogen) atoms. The van der Waals surface area contributed by atoms with E-state index < -0.39 is 0 Å². The van der Waals surface area contributed by atoms with Crippen LogP contribution in [0.4, 0.5) is 0 Å². The average Bonchev–Trinajstić information content (AvgIpc) is 2.31. The van der Waals surface area contributed by atoms with E-state index in [4.69, 9.17) is 5.11 Å². The third kappa shape index (κ3) is 2.55. The molecule has 0 unspecified atom stereocenters. The van der Waals surface area contributed by atoms with Gasteiger partial charge in [0.15, 0.2) is 5.16 Å². The van der Waals surface area contributed by atoms with Gasteiger partial charge in [0.2, 0.25) is 0 Å². The first-order chi connectivity index (χ1) is 7.40. The Labute approximate surface area is 92.2 Å². The van der Waals surface area contributed by atoms with Crippen LogP contribution in [0.1, 0.15) is 5.56 Å². The van der Waals surface area contributed by atoms with Crippen molar-refractivity contribution in [2.24, 2.45) is 0 Å². The molecule has 4 heteroatoms. The molecule has 2 rings (SSSR count). The Morgan fingerprint density at radius 3 is 2.53 bits per heavy atom. The zero-order chi connectivity index (χ0) is 10.5. The van der Waals surface area contributed by atoms with Crippen LogP contribution < -0.4 is 0 Å². The van der Waals surface area contributed by atoms with Gasteiger partial charge in [-0.15, -0.1) is 0 Å². The molecule has 0 aliphatic rings. The van der Waals surface area contributed by atoms with Gasteiger partial charge < -0.3 is 5.11 Å². The molecule has 3 nitrogen and oxygen atoms in total. The Hall–Kier alpha value is -1.39. The lowest BCUT2D eigenvalue weighted by Crippen LogP contribution is -1.88. The van der Waals surface area contributed by atoms with Gasteiger partial charge in [0, 0.05) is 17.3 Å². The molecule has 0 fully saturated rings. The molecule has 1 aromatic heterocycles. The van der Waals surface area contributed by atoms with E-state index in [1.54, 1.807) is 18.5 Å². The Kier molecular flexibility index (Phi) is 3.32. The topological polar surface area (TPSA) is 46.0 Å². The van der Waals surface area contributed by atoms with E-state index in [9.17, 15) is 0 Å². The highest BCUT2D eigenvalue weighted by molar-refractivity contribution is 7.99. The summed E-state index contributed by atoms with van der Waals surface area (Å²) in [4.78, 5) is 9.23. The summed E-state index contributed by atoms with van der Waals surface area (Å²) in [6, 6.07) is 9.46. The smallest absolute Gasteiger partial charge is 0.192 e. The van der Waals surface area contributed by atoms with Crippen LogP contribution in [0.25, 0.3) is 0 Å². The first-order valence-corrected chi connectivity index (χ1v) is 5.35. The van der Waals surface area contributed by atoms with Gasteiger partial charge in [0.1, 0.15) is 0 Å². The maximum Gasteiger partial charge on any atom is 0.192 e. The predicted molar refractivity (Wildman–Crippen MR) is 58.5 cm³/mol. The Bertz CT molecular complexity index is 434. The van der Waals surface area contributed by atoms with E-state index in [0.717, 1.165) is 10.5 Å². The fourth-order valence-electron chi connectivity index (χ4n) is 1.17. The lowest BCUT2D eigenvalue weighted by molar-refractivity contribution is 0.279. The lowest BCUT2D eigenvalue weighted by Gasteiger charge is -2.04. The number of rotatable bonds is 3. The number of hydrogen-bond donors (Lipinski definition) is 1. The van der Waals surface area contributed by atoms with Crippen molar-refractivity contribution in [3.8, 4) is 0 Å². The van der Waals surface area contributed by atoms with Gasteiger partial charge in [0.05, 0.1) is 6.61 Å². The van der Waals surface area contributed by atoms with Crippen LogP contribution in [-0.4, -0.2) is 15.1 Å². The van der Waals surface area contributed by atoms with E-state index in [2.05, 4.69) is 9.97 Å². The molecular formula is C11H10N2OS. The number of aliphatic hydroxyl groups is 1. The van der Waals surface area contributed by atoms with Crippen molar-refractivity contribution in [1.29, 1.82) is 0 Å². The van der Waals surface area contributed by atoms with Crippen LogP contribution in [0.3, 0.4) is 0 Å². The number of aromatic nitrogens is 2. The van der Waals surface area contributed by atoms with Gasteiger partial charge in [-0.3, -0.25) is 0 Å². The van der Waals surface area contributed by atoms with Crippen molar-refractivity contribution in [2.45, 2.75) is 16.7 Å². The molecule has 1 N–H and O–H groups in total. The third-order valence-corrected chi connectivity index (χ3v) is 2.90. The van der Waals surface area contributed by atoms with Crippen molar-refractivity contribution < 1.29 is 5.11 Å². The van der Waals surface area contributed by atoms with E-state index >= 15 is 0 Å². The van der Waals surface area contributed by atoms with Crippen LogP contribution in [-0.2, 0) is 6.61 Å². The van der Waals surface area contributed by atoms with Gasteiger partial charge >= 0.3 is 0 Å². The van der Waals surface area contributed by atoms with E-state index in [0.29, 0.717) is 5.16 Å². The number of nitrogens with zero attached hydrogens (tertiary/aromatic N) is 2. The van der Waals surface area contributed by atoms with Gasteiger partial charge in [-0.1, -0.05) is 18.2 Å². The molecule has 1 aromatic carbocycles. The number of aliphatic hydroxyl groups excluding tert-OH is 1. The summed E-state index contributed by atoms with van der Waals surface area (Å²) >= 11 is 1.46. The monoisotopic (exact) mass is 218 g/mol. The normalized spacial score (nSPS) is 10.2. The van der Waals surface area contributed by atoms with Crippen molar-refractivity contribution >= 4 is 11.8 Å². The van der Waals surface area contributed by atoms with Crippen LogP contribution in [0.5, 0.6) is 0 Å². The highest BCUT2D eigenvalue weighted by atomic mass is 32.2. The zero-order valence-corrected chi connectivity index (χ0v) is 8.81. The molecule has 0 saturated heterocycles. The second-order valence-electron chi connectivity index (χ2n) is 2.90. The highest BCUT2D eigenvalue weighted by Gasteiger charge is 2.03. The number of hydrogen-bond acceptors (Lipinski definition) is 4. The predicted octanol–water partition coefficient (Wildman–Crippen LogP) is 2.12. The molecule has 0 atom stereocenters. The Morgan fingerprint density at radius 2 is 1.80 bits per heavy atom. The summed E-state index contributed by atoms with van der Waals surface area (Å²) in [5.41, 5.74) is 0.898. The quantitative estimate of drug-likeness (QED) is 0.801. The minimum absolute atomic E-state index is 0.0377. The van der Waals surface area contributed by atoms with Crippen molar-refractivity contribution in [1.82, 2.24) is 9.97 Å². The second-order valence-corrected chi connectivity index (χ2v) is 3.91. The molecule has 76 valence electrons. The lowest BCUT2D eigenvalue weighted by atomic mass is 10.2. The van der Waals surface area contributed by atoms with E-state index in [1.165, 1.54) is 11.8 Å². The molecule has 1 heterocycles. The molecule has 0 spiro atoms. The van der Waals surface area contributed by atoms with Crippen molar-refractivity contribution in [2.75, 3.05) is 0 Å². The maximum absolute atomic E-state index is 9.14. The van der Waals surface area contributed by atoms with Gasteiger partial charge in [-0.05, 0) is 29.5 Å². The highest BCUT2D eigenvalue weighted by Crippen LogP contribution is 2.27. The van der Waals surface area contributed by atoms with Gasteiger partial charge in [-0.25, -0.2) is 9.97 Å². The van der Waals surface area contributed by atoms with Gasteiger partial charge in [-0.2, -0.15) is 0 Å². The summed E-state index contributed by atoms with van der Waals surface area (Å²) < 4.78 is 0. The molecule has 0 aliphatic carbocycles. The standard InChI is InChI=1S/C11H10N2OS/c14-8-9-4-1-2-5-10(9)15-11-12-6-3-7-13-11/h1-7,14H,8H2. The molecule has 0 radical (unpaired) electrons. The van der Waals surface area contributed by atoms with Crippen molar-refractivity contribution in [3.63, 3.8) is 0 Å². The molecular weight excluding hydrogens is 208 g/mol. The van der Waals surface area contributed by atoms with Gasteiger partial charge in [0.25, 0.3) is 0 Å². The fraction of sp³-hybridized carbons (Fsp3) is 0.0909. The Morgan fingerprint density at radius 1 is 1.07 bits per heavy atom. The van der Waals surface area contributed by atoms with Crippen LogP contribution in [0.2, 0.25) is 0 Å². The molecule has 0 saturated carbocycles.